The summed E-state index contributed by atoms with van der Waals surface area (Å²) in [6, 6.07) is 16.3. The van der Waals surface area contributed by atoms with Crippen molar-refractivity contribution in [3.63, 3.8) is 0 Å². The summed E-state index contributed by atoms with van der Waals surface area (Å²) in [5, 5.41) is 11.8. The molecule has 1 fully saturated rings. The average Bonchev–Trinajstić information content (AvgIpc) is 3.57. The second kappa shape index (κ2) is 9.42. The summed E-state index contributed by atoms with van der Waals surface area (Å²) >= 11 is 0. The van der Waals surface area contributed by atoms with Crippen LogP contribution in [0.1, 0.15) is 43.2 Å². The Morgan fingerprint density at radius 1 is 1.06 bits per heavy atom. The van der Waals surface area contributed by atoms with Crippen LogP contribution in [0.2, 0.25) is 0 Å². The van der Waals surface area contributed by atoms with Gasteiger partial charge in [-0.2, -0.15) is 0 Å². The molecule has 0 aliphatic heterocycles. The second-order valence-corrected chi connectivity index (χ2v) is 8.66. The molecule has 1 unspecified atom stereocenters. The maximum absolute atomic E-state index is 12.5. The third-order valence-electron chi connectivity index (χ3n) is 6.08. The lowest BCUT2D eigenvalue weighted by atomic mass is 9.98. The predicted molar refractivity (Wildman–Crippen MR) is 119 cm³/mol. The normalized spacial score (nSPS) is 15.4. The number of aliphatic carboxylic acids is 1. The van der Waals surface area contributed by atoms with Gasteiger partial charge < -0.3 is 20.1 Å². The molecular formula is C25H28N2O5. The standard InChI is InChI=1S/C25H28N2O5/c1-16(12-23(28)27(14-24(29)30)17-10-11-17)13-26-25(31)32-15-22-20-8-4-2-6-18(20)19-7-3-5-9-21(19)22/h2-9,16-17,22H,10-15H2,1H3,(H,26,31)(H,29,30). The Balaban J connectivity index is 1.27. The number of alkyl carbamates (subject to hydrolysis) is 1. The zero-order valence-electron chi connectivity index (χ0n) is 18.1. The zero-order valence-corrected chi connectivity index (χ0v) is 18.1. The summed E-state index contributed by atoms with van der Waals surface area (Å²) < 4.78 is 5.52. The van der Waals surface area contributed by atoms with E-state index in [4.69, 9.17) is 9.84 Å². The molecule has 2 N–H and O–H groups in total. The number of carboxylic acids is 1. The maximum Gasteiger partial charge on any atom is 0.407 e. The van der Waals surface area contributed by atoms with Gasteiger partial charge >= 0.3 is 12.1 Å². The fraction of sp³-hybridized carbons (Fsp3) is 0.400. The Morgan fingerprint density at radius 2 is 1.66 bits per heavy atom. The Labute approximate surface area is 187 Å². The van der Waals surface area contributed by atoms with Crippen molar-refractivity contribution in [2.24, 2.45) is 5.92 Å². The molecule has 168 valence electrons. The first-order chi connectivity index (χ1) is 15.4. The van der Waals surface area contributed by atoms with Crippen molar-refractivity contribution < 1.29 is 24.2 Å². The highest BCUT2D eigenvalue weighted by Crippen LogP contribution is 2.44. The molecule has 0 aromatic heterocycles. The van der Waals surface area contributed by atoms with E-state index in [0.717, 1.165) is 24.0 Å². The summed E-state index contributed by atoms with van der Waals surface area (Å²) in [6.07, 6.45) is 1.38. The highest BCUT2D eigenvalue weighted by molar-refractivity contribution is 5.82. The summed E-state index contributed by atoms with van der Waals surface area (Å²) in [5.41, 5.74) is 4.65. The smallest absolute Gasteiger partial charge is 0.407 e. The maximum atomic E-state index is 12.5. The number of fused-ring (bicyclic) bond motifs is 3. The third-order valence-corrected chi connectivity index (χ3v) is 6.08. The van der Waals surface area contributed by atoms with Crippen molar-refractivity contribution >= 4 is 18.0 Å². The molecule has 2 amide bonds. The van der Waals surface area contributed by atoms with Crippen LogP contribution >= 0.6 is 0 Å². The predicted octanol–water partition coefficient (Wildman–Crippen LogP) is 3.63. The van der Waals surface area contributed by atoms with Gasteiger partial charge in [0, 0.05) is 24.9 Å². The molecule has 2 aliphatic carbocycles. The van der Waals surface area contributed by atoms with E-state index < -0.39 is 12.1 Å². The van der Waals surface area contributed by atoms with Crippen LogP contribution in [0.25, 0.3) is 11.1 Å². The van der Waals surface area contributed by atoms with E-state index in [-0.39, 0.29) is 49.9 Å². The van der Waals surface area contributed by atoms with Gasteiger partial charge in [-0.15, -0.1) is 0 Å². The topological polar surface area (TPSA) is 95.9 Å². The van der Waals surface area contributed by atoms with Gasteiger partial charge in [0.25, 0.3) is 0 Å². The first-order valence-electron chi connectivity index (χ1n) is 11.0. The van der Waals surface area contributed by atoms with E-state index in [1.54, 1.807) is 0 Å². The summed E-state index contributed by atoms with van der Waals surface area (Å²) in [5.74, 6) is -1.32. The molecule has 0 bridgehead atoms. The van der Waals surface area contributed by atoms with Crippen molar-refractivity contribution in [3.05, 3.63) is 59.7 Å². The van der Waals surface area contributed by atoms with E-state index in [1.807, 2.05) is 31.2 Å². The zero-order chi connectivity index (χ0) is 22.7. The molecule has 7 nitrogen and oxygen atoms in total. The van der Waals surface area contributed by atoms with Crippen LogP contribution in [-0.4, -0.2) is 53.7 Å². The highest BCUT2D eigenvalue weighted by Gasteiger charge is 2.34. The van der Waals surface area contributed by atoms with Crippen LogP contribution in [0.3, 0.4) is 0 Å². The molecular weight excluding hydrogens is 408 g/mol. The lowest BCUT2D eigenvalue weighted by Crippen LogP contribution is -2.39. The van der Waals surface area contributed by atoms with Gasteiger partial charge in [0.1, 0.15) is 13.2 Å². The van der Waals surface area contributed by atoms with Crippen LogP contribution in [0.4, 0.5) is 4.79 Å². The number of ether oxygens (including phenoxy) is 1. The minimum absolute atomic E-state index is 0.00438. The molecule has 4 rings (SSSR count). The summed E-state index contributed by atoms with van der Waals surface area (Å²) in [4.78, 5) is 37.2. The van der Waals surface area contributed by atoms with E-state index in [1.165, 1.54) is 16.0 Å². The fourth-order valence-electron chi connectivity index (χ4n) is 4.35. The van der Waals surface area contributed by atoms with Gasteiger partial charge in [0.2, 0.25) is 5.91 Å². The fourth-order valence-corrected chi connectivity index (χ4v) is 4.35. The van der Waals surface area contributed by atoms with E-state index in [0.29, 0.717) is 0 Å². The first-order valence-corrected chi connectivity index (χ1v) is 11.0. The van der Waals surface area contributed by atoms with Crippen LogP contribution < -0.4 is 5.32 Å². The van der Waals surface area contributed by atoms with Gasteiger partial charge in [0.05, 0.1) is 0 Å². The Kier molecular flexibility index (Phi) is 6.44. The lowest BCUT2D eigenvalue weighted by molar-refractivity contribution is -0.145. The Morgan fingerprint density at radius 3 is 2.22 bits per heavy atom. The molecule has 0 radical (unpaired) electrons. The van der Waals surface area contributed by atoms with Crippen LogP contribution in [0.5, 0.6) is 0 Å². The van der Waals surface area contributed by atoms with Gasteiger partial charge in [-0.3, -0.25) is 9.59 Å². The molecule has 0 saturated heterocycles. The molecule has 2 aromatic carbocycles. The number of hydrogen-bond acceptors (Lipinski definition) is 4. The lowest BCUT2D eigenvalue weighted by Gasteiger charge is -2.22. The van der Waals surface area contributed by atoms with Crippen molar-refractivity contribution in [1.82, 2.24) is 10.2 Å². The number of carboxylic acid groups (broad SMARTS) is 1. The number of carbonyl (C=O) groups is 3. The molecule has 2 aromatic rings. The monoisotopic (exact) mass is 436 g/mol. The third kappa shape index (κ3) is 4.93. The minimum atomic E-state index is -1.00. The first kappa shape index (κ1) is 21.9. The largest absolute Gasteiger partial charge is 0.480 e. The molecule has 32 heavy (non-hydrogen) atoms. The van der Waals surface area contributed by atoms with Gasteiger partial charge in [-0.05, 0) is 41.0 Å². The Hall–Kier alpha value is -3.35. The number of nitrogens with one attached hydrogen (secondary N) is 1. The van der Waals surface area contributed by atoms with Gasteiger partial charge in [-0.1, -0.05) is 55.5 Å². The van der Waals surface area contributed by atoms with Crippen molar-refractivity contribution in [1.29, 1.82) is 0 Å². The van der Waals surface area contributed by atoms with Crippen molar-refractivity contribution in [2.45, 2.75) is 38.1 Å². The van der Waals surface area contributed by atoms with Crippen LogP contribution in [0, 0.1) is 5.92 Å². The molecule has 0 heterocycles. The quantitative estimate of drug-likeness (QED) is 0.626. The van der Waals surface area contributed by atoms with Crippen molar-refractivity contribution in [3.8, 4) is 11.1 Å². The highest BCUT2D eigenvalue weighted by atomic mass is 16.5. The SMILES string of the molecule is CC(CNC(=O)OCC1c2ccccc2-c2ccccc21)CC(=O)N(CC(=O)O)C1CC1. The molecule has 1 saturated carbocycles. The number of carbonyl (C=O) groups excluding carboxylic acids is 2. The molecule has 0 spiro atoms. The minimum Gasteiger partial charge on any atom is -0.480 e. The number of nitrogens with zero attached hydrogens (tertiary/aromatic N) is 1. The Bertz CT molecular complexity index is 971. The number of amides is 2. The van der Waals surface area contributed by atoms with E-state index in [9.17, 15) is 14.4 Å². The number of hydrogen-bond donors (Lipinski definition) is 2. The van der Waals surface area contributed by atoms with Gasteiger partial charge in [0.15, 0.2) is 0 Å². The van der Waals surface area contributed by atoms with E-state index >= 15 is 0 Å². The summed E-state index contributed by atoms with van der Waals surface area (Å²) in [7, 11) is 0. The molecule has 7 heteroatoms. The average molecular weight is 437 g/mol. The van der Waals surface area contributed by atoms with Gasteiger partial charge in [-0.25, -0.2) is 4.79 Å². The summed E-state index contributed by atoms with van der Waals surface area (Å²) in [6.45, 7) is 2.11. The van der Waals surface area contributed by atoms with Crippen LogP contribution in [-0.2, 0) is 14.3 Å². The van der Waals surface area contributed by atoms with E-state index in [2.05, 4.69) is 29.6 Å². The number of benzene rings is 2. The molecule has 1 atom stereocenters. The molecule has 2 aliphatic rings. The number of rotatable bonds is 9. The van der Waals surface area contributed by atoms with Crippen molar-refractivity contribution in [2.75, 3.05) is 19.7 Å². The second-order valence-electron chi connectivity index (χ2n) is 8.66. The van der Waals surface area contributed by atoms with Crippen LogP contribution in [0.15, 0.2) is 48.5 Å².